The minimum atomic E-state index is -0.538. The van der Waals surface area contributed by atoms with Crippen molar-refractivity contribution in [2.45, 2.75) is 6.92 Å². The summed E-state index contributed by atoms with van der Waals surface area (Å²) in [6.07, 6.45) is 0. The van der Waals surface area contributed by atoms with Crippen LogP contribution in [0.5, 0.6) is 0 Å². The van der Waals surface area contributed by atoms with Crippen LogP contribution in [0, 0.1) is 6.92 Å². The molecule has 0 fully saturated rings. The number of nitrogens with two attached hydrogens (primary N) is 2. The molecule has 6 nitrogen and oxygen atoms in total. The van der Waals surface area contributed by atoms with Crippen molar-refractivity contribution in [1.29, 1.82) is 0 Å². The zero-order valence-electron chi connectivity index (χ0n) is 10.2. The number of nitrogens with one attached hydrogen (secondary N) is 1. The summed E-state index contributed by atoms with van der Waals surface area (Å²) in [6, 6.07) is 5.24. The molecular formula is C12H17N3O3. The van der Waals surface area contributed by atoms with Crippen LogP contribution in [0.15, 0.2) is 18.2 Å². The van der Waals surface area contributed by atoms with E-state index in [0.717, 1.165) is 5.56 Å². The van der Waals surface area contributed by atoms with Gasteiger partial charge in [-0.05, 0) is 19.1 Å². The van der Waals surface area contributed by atoms with Gasteiger partial charge in [0.2, 0.25) is 5.91 Å². The summed E-state index contributed by atoms with van der Waals surface area (Å²) in [5.41, 5.74) is 12.4. The summed E-state index contributed by atoms with van der Waals surface area (Å²) >= 11 is 0. The average molecular weight is 251 g/mol. The lowest BCUT2D eigenvalue weighted by molar-refractivity contribution is -0.122. The second-order valence-electron chi connectivity index (χ2n) is 3.87. The largest absolute Gasteiger partial charge is 0.398 e. The van der Waals surface area contributed by atoms with Crippen LogP contribution < -0.4 is 16.8 Å². The van der Waals surface area contributed by atoms with E-state index < -0.39 is 5.91 Å². The van der Waals surface area contributed by atoms with Gasteiger partial charge in [0.25, 0.3) is 5.91 Å². The predicted octanol–water partition coefficient (Wildman–Crippen LogP) is -0.191. The van der Waals surface area contributed by atoms with Crippen LogP contribution in [0.2, 0.25) is 0 Å². The van der Waals surface area contributed by atoms with Crippen LogP contribution in [0.25, 0.3) is 0 Å². The molecule has 0 aliphatic carbocycles. The lowest BCUT2D eigenvalue weighted by Crippen LogP contribution is -2.29. The SMILES string of the molecule is Cc1ccc(N)c(C(=O)NCCOCC(N)=O)c1. The van der Waals surface area contributed by atoms with Gasteiger partial charge in [0.15, 0.2) is 0 Å². The Bertz CT molecular complexity index is 446. The number of benzene rings is 1. The number of amides is 2. The van der Waals surface area contributed by atoms with E-state index in [1.165, 1.54) is 0 Å². The van der Waals surface area contributed by atoms with Gasteiger partial charge in [-0.25, -0.2) is 0 Å². The molecule has 5 N–H and O–H groups in total. The number of carbonyl (C=O) groups is 2. The summed E-state index contributed by atoms with van der Waals surface area (Å²) in [6.45, 7) is 2.24. The highest BCUT2D eigenvalue weighted by Gasteiger charge is 2.08. The van der Waals surface area contributed by atoms with E-state index in [1.54, 1.807) is 12.1 Å². The van der Waals surface area contributed by atoms with E-state index in [-0.39, 0.29) is 19.1 Å². The predicted molar refractivity (Wildman–Crippen MR) is 67.9 cm³/mol. The summed E-state index contributed by atoms with van der Waals surface area (Å²) in [5, 5.41) is 2.64. The van der Waals surface area contributed by atoms with Crippen molar-refractivity contribution in [3.8, 4) is 0 Å². The number of ether oxygens (including phenoxy) is 1. The first-order chi connectivity index (χ1) is 8.50. The third kappa shape index (κ3) is 4.42. The molecule has 0 bridgehead atoms. The van der Waals surface area contributed by atoms with Gasteiger partial charge in [-0.2, -0.15) is 0 Å². The number of aryl methyl sites for hydroxylation is 1. The third-order valence-corrected chi connectivity index (χ3v) is 2.23. The maximum Gasteiger partial charge on any atom is 0.253 e. The van der Waals surface area contributed by atoms with Crippen molar-refractivity contribution in [3.63, 3.8) is 0 Å². The molecule has 0 unspecified atom stereocenters. The van der Waals surface area contributed by atoms with Crippen molar-refractivity contribution < 1.29 is 14.3 Å². The molecule has 2 amide bonds. The number of hydrogen-bond donors (Lipinski definition) is 3. The number of anilines is 1. The number of primary amides is 1. The smallest absolute Gasteiger partial charge is 0.253 e. The molecule has 0 spiro atoms. The van der Waals surface area contributed by atoms with Crippen LogP contribution in [0.4, 0.5) is 5.69 Å². The summed E-state index contributed by atoms with van der Waals surface area (Å²) in [5.74, 6) is -0.803. The highest BCUT2D eigenvalue weighted by molar-refractivity contribution is 5.99. The maximum absolute atomic E-state index is 11.8. The Morgan fingerprint density at radius 3 is 2.78 bits per heavy atom. The molecule has 0 atom stereocenters. The molecule has 6 heteroatoms. The average Bonchev–Trinajstić information content (AvgIpc) is 2.31. The highest BCUT2D eigenvalue weighted by atomic mass is 16.5. The Morgan fingerprint density at radius 1 is 1.39 bits per heavy atom. The van der Waals surface area contributed by atoms with Crippen molar-refractivity contribution in [2.24, 2.45) is 5.73 Å². The summed E-state index contributed by atoms with van der Waals surface area (Å²) in [7, 11) is 0. The second-order valence-corrected chi connectivity index (χ2v) is 3.87. The maximum atomic E-state index is 11.8. The normalized spacial score (nSPS) is 10.1. The fraction of sp³-hybridized carbons (Fsp3) is 0.333. The topological polar surface area (TPSA) is 107 Å². The number of nitrogen functional groups attached to an aromatic ring is 1. The first-order valence-corrected chi connectivity index (χ1v) is 5.51. The van der Waals surface area contributed by atoms with E-state index in [4.69, 9.17) is 16.2 Å². The Labute approximate surface area is 105 Å². The molecule has 0 radical (unpaired) electrons. The zero-order valence-corrected chi connectivity index (χ0v) is 10.2. The Balaban J connectivity index is 2.41. The number of rotatable bonds is 6. The minimum absolute atomic E-state index is 0.150. The molecular weight excluding hydrogens is 234 g/mol. The van der Waals surface area contributed by atoms with Gasteiger partial charge in [-0.15, -0.1) is 0 Å². The second kappa shape index (κ2) is 6.61. The standard InChI is InChI=1S/C12H17N3O3/c1-8-2-3-10(13)9(6-8)12(17)15-4-5-18-7-11(14)16/h2-3,6H,4-5,7,13H2,1H3,(H2,14,16)(H,15,17). The Kier molecular flexibility index (Phi) is 5.13. The van der Waals surface area contributed by atoms with E-state index in [0.29, 0.717) is 17.8 Å². The van der Waals surface area contributed by atoms with E-state index in [2.05, 4.69) is 5.32 Å². The monoisotopic (exact) mass is 251 g/mol. The van der Waals surface area contributed by atoms with Crippen LogP contribution in [-0.2, 0) is 9.53 Å². The number of carbonyl (C=O) groups excluding carboxylic acids is 2. The molecule has 0 aliphatic rings. The molecule has 1 aromatic carbocycles. The van der Waals surface area contributed by atoms with Crippen LogP contribution in [0.1, 0.15) is 15.9 Å². The fourth-order valence-electron chi connectivity index (χ4n) is 1.37. The highest BCUT2D eigenvalue weighted by Crippen LogP contribution is 2.13. The minimum Gasteiger partial charge on any atom is -0.398 e. The van der Waals surface area contributed by atoms with Crippen molar-refractivity contribution >= 4 is 17.5 Å². The quantitative estimate of drug-likeness (QED) is 0.481. The Morgan fingerprint density at radius 2 is 2.11 bits per heavy atom. The zero-order chi connectivity index (χ0) is 13.5. The summed E-state index contributed by atoms with van der Waals surface area (Å²) < 4.78 is 4.91. The van der Waals surface area contributed by atoms with Crippen molar-refractivity contribution in [1.82, 2.24) is 5.32 Å². The molecule has 1 aromatic rings. The first-order valence-electron chi connectivity index (χ1n) is 5.51. The molecule has 18 heavy (non-hydrogen) atoms. The van der Waals surface area contributed by atoms with E-state index >= 15 is 0 Å². The molecule has 0 aromatic heterocycles. The lowest BCUT2D eigenvalue weighted by Gasteiger charge is -2.08. The van der Waals surface area contributed by atoms with Crippen LogP contribution >= 0.6 is 0 Å². The fourth-order valence-corrected chi connectivity index (χ4v) is 1.37. The van der Waals surface area contributed by atoms with Crippen LogP contribution in [-0.4, -0.2) is 31.6 Å². The number of hydrogen-bond acceptors (Lipinski definition) is 4. The van der Waals surface area contributed by atoms with Gasteiger partial charge in [0.1, 0.15) is 6.61 Å². The van der Waals surface area contributed by atoms with Gasteiger partial charge in [-0.1, -0.05) is 11.6 Å². The van der Waals surface area contributed by atoms with Gasteiger partial charge < -0.3 is 21.5 Å². The van der Waals surface area contributed by atoms with Crippen molar-refractivity contribution in [2.75, 3.05) is 25.5 Å². The molecule has 1 rings (SSSR count). The van der Waals surface area contributed by atoms with E-state index in [9.17, 15) is 9.59 Å². The first kappa shape index (κ1) is 14.0. The van der Waals surface area contributed by atoms with E-state index in [1.807, 2.05) is 13.0 Å². The molecule has 0 saturated carbocycles. The summed E-state index contributed by atoms with van der Waals surface area (Å²) in [4.78, 5) is 22.2. The Hall–Kier alpha value is -2.08. The van der Waals surface area contributed by atoms with Gasteiger partial charge in [0.05, 0.1) is 12.2 Å². The van der Waals surface area contributed by atoms with Crippen molar-refractivity contribution in [3.05, 3.63) is 29.3 Å². The third-order valence-electron chi connectivity index (χ3n) is 2.23. The van der Waals surface area contributed by atoms with Gasteiger partial charge >= 0.3 is 0 Å². The molecule has 0 heterocycles. The van der Waals surface area contributed by atoms with Gasteiger partial charge in [-0.3, -0.25) is 9.59 Å². The van der Waals surface area contributed by atoms with Gasteiger partial charge in [0, 0.05) is 12.2 Å². The van der Waals surface area contributed by atoms with Crippen LogP contribution in [0.3, 0.4) is 0 Å². The molecule has 0 aliphatic heterocycles. The lowest BCUT2D eigenvalue weighted by atomic mass is 10.1. The molecule has 0 saturated heterocycles. The molecule has 98 valence electrons.